The molecule has 0 aliphatic rings. The zero-order chi connectivity index (χ0) is 25.7. The number of carbonyl (C=O) groups excluding carboxylic acids is 2. The zero-order valence-electron chi connectivity index (χ0n) is 21.6. The molecule has 0 spiro atoms. The first kappa shape index (κ1) is 28.8. The topological polar surface area (TPSA) is 98.7 Å². The van der Waals surface area contributed by atoms with E-state index in [-0.39, 0.29) is 23.3 Å². The lowest BCUT2D eigenvalue weighted by Crippen LogP contribution is -2.61. The summed E-state index contributed by atoms with van der Waals surface area (Å²) in [6.07, 6.45) is 1.60. The van der Waals surface area contributed by atoms with E-state index in [9.17, 15) is 19.5 Å². The number of amides is 2. The largest absolute Gasteiger partial charge is 0.478 e. The van der Waals surface area contributed by atoms with Crippen molar-refractivity contribution in [2.75, 3.05) is 14.1 Å². The van der Waals surface area contributed by atoms with Crippen molar-refractivity contribution in [2.24, 2.45) is 11.3 Å². The molecule has 186 valence electrons. The Morgan fingerprint density at radius 3 is 2.09 bits per heavy atom. The fraction of sp³-hybridized carbons (Fsp3) is 0.640. The summed E-state index contributed by atoms with van der Waals surface area (Å²) in [5.41, 5.74) is 0.182. The quantitative estimate of drug-likeness (QED) is 0.445. The van der Waals surface area contributed by atoms with Gasteiger partial charge in [0, 0.05) is 18.0 Å². The van der Waals surface area contributed by atoms with Crippen LogP contribution < -0.4 is 10.6 Å². The third kappa shape index (κ3) is 7.14. The summed E-state index contributed by atoms with van der Waals surface area (Å²) < 4.78 is 0. The Morgan fingerprint density at radius 2 is 1.70 bits per heavy atom. The maximum atomic E-state index is 13.6. The molecule has 0 saturated heterocycles. The monoisotopic (exact) mass is 479 g/mol. The van der Waals surface area contributed by atoms with E-state index >= 15 is 0 Å². The van der Waals surface area contributed by atoms with Crippen LogP contribution in [-0.2, 0) is 19.8 Å². The highest BCUT2D eigenvalue weighted by Crippen LogP contribution is 2.30. The molecule has 0 radical (unpaired) electrons. The van der Waals surface area contributed by atoms with E-state index in [0.717, 1.165) is 5.56 Å². The second-order valence-corrected chi connectivity index (χ2v) is 11.4. The third-order valence-electron chi connectivity index (χ3n) is 6.17. The Morgan fingerprint density at radius 1 is 1.12 bits per heavy atom. The van der Waals surface area contributed by atoms with E-state index in [1.54, 1.807) is 36.4 Å². The number of carboxylic acid groups (broad SMARTS) is 1. The van der Waals surface area contributed by atoms with Crippen LogP contribution in [0.25, 0.3) is 0 Å². The number of hydrogen-bond donors (Lipinski definition) is 3. The van der Waals surface area contributed by atoms with Gasteiger partial charge in [0.15, 0.2) is 0 Å². The van der Waals surface area contributed by atoms with Gasteiger partial charge in [0.1, 0.15) is 6.04 Å². The molecule has 3 N–H and O–H groups in total. The number of thiophene rings is 1. The van der Waals surface area contributed by atoms with Crippen LogP contribution in [0.2, 0.25) is 0 Å². The first-order valence-corrected chi connectivity index (χ1v) is 12.2. The number of likely N-dealkylation sites (N-methyl/N-ethyl adjacent to an activating group) is 2. The highest BCUT2D eigenvalue weighted by molar-refractivity contribution is 7.08. The fourth-order valence-electron chi connectivity index (χ4n) is 3.92. The molecule has 3 atom stereocenters. The van der Waals surface area contributed by atoms with Crippen molar-refractivity contribution in [1.29, 1.82) is 0 Å². The van der Waals surface area contributed by atoms with Crippen LogP contribution >= 0.6 is 11.3 Å². The van der Waals surface area contributed by atoms with Gasteiger partial charge in [-0.25, -0.2) is 4.79 Å². The molecule has 1 rings (SSSR count). The first-order chi connectivity index (χ1) is 15.0. The molecule has 7 nitrogen and oxygen atoms in total. The van der Waals surface area contributed by atoms with Crippen LogP contribution in [0.15, 0.2) is 28.5 Å². The number of nitrogens with zero attached hydrogens (tertiary/aromatic N) is 1. The van der Waals surface area contributed by atoms with Crippen LogP contribution in [-0.4, -0.2) is 60.0 Å². The third-order valence-corrected chi connectivity index (χ3v) is 6.86. The van der Waals surface area contributed by atoms with E-state index in [1.165, 1.54) is 6.92 Å². The Labute approximate surface area is 202 Å². The maximum Gasteiger partial charge on any atom is 0.331 e. The van der Waals surface area contributed by atoms with E-state index in [1.807, 2.05) is 65.3 Å². The Kier molecular flexibility index (Phi) is 9.87. The van der Waals surface area contributed by atoms with Crippen LogP contribution in [0, 0.1) is 11.3 Å². The van der Waals surface area contributed by atoms with Gasteiger partial charge in [0.25, 0.3) is 0 Å². The normalized spacial score (nSPS) is 15.7. The number of nitrogens with one attached hydrogen (secondary N) is 2. The lowest BCUT2D eigenvalue weighted by molar-refractivity contribution is -0.141. The second-order valence-electron chi connectivity index (χ2n) is 10.6. The first-order valence-electron chi connectivity index (χ1n) is 11.2. The average Bonchev–Trinajstić information content (AvgIpc) is 3.23. The van der Waals surface area contributed by atoms with E-state index < -0.39 is 34.9 Å². The predicted molar refractivity (Wildman–Crippen MR) is 134 cm³/mol. The van der Waals surface area contributed by atoms with Gasteiger partial charge < -0.3 is 20.6 Å². The summed E-state index contributed by atoms with van der Waals surface area (Å²) in [5, 5.41) is 19.4. The van der Waals surface area contributed by atoms with Crippen molar-refractivity contribution in [2.45, 2.75) is 78.9 Å². The van der Waals surface area contributed by atoms with Crippen LogP contribution in [0.5, 0.6) is 0 Å². The number of carboxylic acids is 1. The summed E-state index contributed by atoms with van der Waals surface area (Å²) in [6.45, 7) is 15.1. The van der Waals surface area contributed by atoms with Crippen molar-refractivity contribution < 1.29 is 19.5 Å². The molecular formula is C25H41N3O4S. The standard InChI is InChI=1S/C25H41N3O4S/c1-15(2)18(13-16(3)23(31)32)28(10)22(30)20(24(4,5)6)27-21(29)19(26-9)25(7,8)17-11-12-33-14-17/h11-15,18-20,26H,1-10H3,(H,27,29)(H,31,32)/t18-,19-,20-/m1/s1. The smallest absolute Gasteiger partial charge is 0.331 e. The molecule has 1 aromatic heterocycles. The molecule has 0 bridgehead atoms. The molecule has 0 fully saturated rings. The highest BCUT2D eigenvalue weighted by atomic mass is 32.1. The van der Waals surface area contributed by atoms with Gasteiger partial charge in [0.05, 0.1) is 12.1 Å². The summed E-state index contributed by atoms with van der Waals surface area (Å²) in [5.74, 6) is -1.54. The maximum absolute atomic E-state index is 13.6. The van der Waals surface area contributed by atoms with Gasteiger partial charge in [-0.05, 0) is 47.7 Å². The van der Waals surface area contributed by atoms with Gasteiger partial charge in [-0.3, -0.25) is 9.59 Å². The van der Waals surface area contributed by atoms with Gasteiger partial charge >= 0.3 is 5.97 Å². The van der Waals surface area contributed by atoms with Gasteiger partial charge in [-0.15, -0.1) is 0 Å². The van der Waals surface area contributed by atoms with Crippen molar-refractivity contribution >= 4 is 29.1 Å². The molecule has 0 aliphatic carbocycles. The lowest BCUT2D eigenvalue weighted by Gasteiger charge is -2.39. The zero-order valence-corrected chi connectivity index (χ0v) is 22.5. The molecule has 1 aromatic rings. The minimum atomic E-state index is -1.02. The minimum absolute atomic E-state index is 0.00727. The molecule has 8 heteroatoms. The molecule has 0 unspecified atom stereocenters. The van der Waals surface area contributed by atoms with Crippen molar-refractivity contribution in [3.63, 3.8) is 0 Å². The van der Waals surface area contributed by atoms with E-state index in [2.05, 4.69) is 10.6 Å². The molecule has 2 amide bonds. The van der Waals surface area contributed by atoms with Crippen molar-refractivity contribution in [1.82, 2.24) is 15.5 Å². The minimum Gasteiger partial charge on any atom is -0.478 e. The number of hydrogen-bond acceptors (Lipinski definition) is 5. The van der Waals surface area contributed by atoms with Crippen LogP contribution in [0.3, 0.4) is 0 Å². The Hall–Kier alpha value is -2.19. The lowest BCUT2D eigenvalue weighted by atomic mass is 9.78. The molecule has 0 aliphatic heterocycles. The molecular weight excluding hydrogens is 438 g/mol. The predicted octanol–water partition coefficient (Wildman–Crippen LogP) is 3.66. The second kappa shape index (κ2) is 11.3. The Balaban J connectivity index is 3.26. The fourth-order valence-corrected chi connectivity index (χ4v) is 4.75. The van der Waals surface area contributed by atoms with Gasteiger partial charge in [-0.1, -0.05) is 54.5 Å². The van der Waals surface area contributed by atoms with Crippen molar-refractivity contribution in [3.05, 3.63) is 34.0 Å². The summed E-state index contributed by atoms with van der Waals surface area (Å²) in [7, 11) is 3.40. The summed E-state index contributed by atoms with van der Waals surface area (Å²) in [4.78, 5) is 40.0. The van der Waals surface area contributed by atoms with Gasteiger partial charge in [0.2, 0.25) is 11.8 Å². The van der Waals surface area contributed by atoms with E-state index in [0.29, 0.717) is 0 Å². The SMILES string of the molecule is CN[C@H](C(=O)N[C@H](C(=O)N(C)[C@H](C=C(C)C(=O)O)C(C)C)C(C)(C)C)C(C)(C)c1ccsc1. The molecule has 33 heavy (non-hydrogen) atoms. The summed E-state index contributed by atoms with van der Waals surface area (Å²) in [6, 6.07) is 0.249. The molecule has 0 saturated carbocycles. The van der Waals surface area contributed by atoms with Crippen molar-refractivity contribution in [3.8, 4) is 0 Å². The highest BCUT2D eigenvalue weighted by Gasteiger charge is 2.41. The molecule has 0 aromatic carbocycles. The van der Waals surface area contributed by atoms with Gasteiger partial charge in [-0.2, -0.15) is 11.3 Å². The van der Waals surface area contributed by atoms with E-state index in [4.69, 9.17) is 0 Å². The summed E-state index contributed by atoms with van der Waals surface area (Å²) >= 11 is 1.58. The van der Waals surface area contributed by atoms with Crippen LogP contribution in [0.4, 0.5) is 0 Å². The molecule has 1 heterocycles. The number of aliphatic carboxylic acids is 1. The number of rotatable bonds is 10. The Bertz CT molecular complexity index is 854. The number of carbonyl (C=O) groups is 3. The average molecular weight is 480 g/mol. The van der Waals surface area contributed by atoms with Crippen LogP contribution in [0.1, 0.15) is 61.0 Å².